The fraction of sp³-hybridized carbons (Fsp3) is 0.308. The van der Waals surface area contributed by atoms with E-state index < -0.39 is 0 Å². The summed E-state index contributed by atoms with van der Waals surface area (Å²) < 4.78 is 3.98. The molecule has 1 atom stereocenters. The van der Waals surface area contributed by atoms with Crippen LogP contribution in [0.4, 0.5) is 0 Å². The highest BCUT2D eigenvalue weighted by Crippen LogP contribution is 2.27. The van der Waals surface area contributed by atoms with E-state index in [1.165, 1.54) is 0 Å². The van der Waals surface area contributed by atoms with Crippen LogP contribution in [0.5, 0.6) is 0 Å². The molecule has 2 N–H and O–H groups in total. The number of benzene rings is 1. The van der Waals surface area contributed by atoms with Crippen LogP contribution in [-0.4, -0.2) is 9.78 Å². The zero-order valence-corrected chi connectivity index (χ0v) is 13.4. The van der Waals surface area contributed by atoms with Crippen LogP contribution in [0.3, 0.4) is 0 Å². The zero-order chi connectivity index (χ0) is 13.3. The van der Waals surface area contributed by atoms with E-state index in [1.807, 2.05) is 28.9 Å². The summed E-state index contributed by atoms with van der Waals surface area (Å²) in [5.74, 6) is 0. The zero-order valence-electron chi connectivity index (χ0n) is 10.3. The summed E-state index contributed by atoms with van der Waals surface area (Å²) in [6.45, 7) is 4.19. The van der Waals surface area contributed by atoms with Crippen LogP contribution in [0.1, 0.15) is 37.2 Å². The predicted molar refractivity (Wildman–Crippen MR) is 80.5 cm³/mol. The van der Waals surface area contributed by atoms with E-state index in [4.69, 9.17) is 5.73 Å². The van der Waals surface area contributed by atoms with E-state index in [1.54, 1.807) is 6.20 Å². The second-order valence-corrected chi connectivity index (χ2v) is 6.31. The number of halogens is 2. The number of hydrogen-bond donors (Lipinski definition) is 1. The first-order valence-corrected chi connectivity index (χ1v) is 7.32. The first-order chi connectivity index (χ1) is 8.49. The average Bonchev–Trinajstić information content (AvgIpc) is 2.75. The molecule has 5 heteroatoms. The Morgan fingerprint density at radius 2 is 1.78 bits per heavy atom. The quantitative estimate of drug-likeness (QED) is 0.883. The van der Waals surface area contributed by atoms with Crippen molar-refractivity contribution in [3.63, 3.8) is 0 Å². The van der Waals surface area contributed by atoms with E-state index in [-0.39, 0.29) is 6.04 Å². The summed E-state index contributed by atoms with van der Waals surface area (Å²) in [5, 5.41) is 4.32. The van der Waals surface area contributed by atoms with E-state index in [0.29, 0.717) is 6.04 Å². The summed E-state index contributed by atoms with van der Waals surface area (Å²) in [5.41, 5.74) is 8.41. The minimum atomic E-state index is -0.177. The molecule has 18 heavy (non-hydrogen) atoms. The van der Waals surface area contributed by atoms with Gasteiger partial charge in [0, 0.05) is 21.2 Å². The third-order valence-electron chi connectivity index (χ3n) is 2.75. The molecule has 0 saturated carbocycles. The molecule has 0 aliphatic rings. The predicted octanol–water partition coefficient (Wildman–Crippen LogP) is 4.04. The number of hydrogen-bond acceptors (Lipinski definition) is 2. The van der Waals surface area contributed by atoms with Gasteiger partial charge < -0.3 is 5.73 Å². The van der Waals surface area contributed by atoms with Crippen LogP contribution >= 0.6 is 31.9 Å². The largest absolute Gasteiger partial charge is 0.319 e. The molecular formula is C13H15Br2N3. The van der Waals surface area contributed by atoms with Crippen LogP contribution in [0.15, 0.2) is 39.4 Å². The molecule has 1 aromatic carbocycles. The van der Waals surface area contributed by atoms with Crippen molar-refractivity contribution in [2.24, 2.45) is 5.73 Å². The summed E-state index contributed by atoms with van der Waals surface area (Å²) in [7, 11) is 0. The van der Waals surface area contributed by atoms with E-state index in [0.717, 1.165) is 20.2 Å². The lowest BCUT2D eigenvalue weighted by Gasteiger charge is -2.17. The van der Waals surface area contributed by atoms with Crippen LogP contribution < -0.4 is 5.73 Å². The maximum absolute atomic E-state index is 6.33. The topological polar surface area (TPSA) is 43.8 Å². The molecule has 0 radical (unpaired) electrons. The van der Waals surface area contributed by atoms with E-state index in [9.17, 15) is 0 Å². The molecule has 3 nitrogen and oxygen atoms in total. The summed E-state index contributed by atoms with van der Waals surface area (Å²) in [6, 6.07) is 8.16. The van der Waals surface area contributed by atoms with Gasteiger partial charge in [0.15, 0.2) is 0 Å². The third kappa shape index (κ3) is 2.84. The molecule has 1 unspecified atom stereocenters. The smallest absolute Gasteiger partial charge is 0.0724 e. The first-order valence-electron chi connectivity index (χ1n) is 5.74. The molecule has 0 fully saturated rings. The second-order valence-electron chi connectivity index (χ2n) is 4.47. The van der Waals surface area contributed by atoms with Gasteiger partial charge in [0.25, 0.3) is 0 Å². The van der Waals surface area contributed by atoms with Gasteiger partial charge in [-0.2, -0.15) is 5.10 Å². The van der Waals surface area contributed by atoms with E-state index in [2.05, 4.69) is 50.8 Å². The van der Waals surface area contributed by atoms with E-state index >= 15 is 0 Å². The first kappa shape index (κ1) is 13.8. The highest BCUT2D eigenvalue weighted by Gasteiger charge is 2.16. The molecule has 2 rings (SSSR count). The van der Waals surface area contributed by atoms with Crippen molar-refractivity contribution < 1.29 is 0 Å². The van der Waals surface area contributed by atoms with Crippen molar-refractivity contribution in [2.75, 3.05) is 0 Å². The monoisotopic (exact) mass is 371 g/mol. The molecular weight excluding hydrogens is 358 g/mol. The molecule has 0 bridgehead atoms. The van der Waals surface area contributed by atoms with Gasteiger partial charge in [0.05, 0.1) is 11.7 Å². The highest BCUT2D eigenvalue weighted by atomic mass is 79.9. The Bertz CT molecular complexity index is 529. The Hall–Kier alpha value is -0.650. The molecule has 0 saturated heterocycles. The molecule has 0 spiro atoms. The third-order valence-corrected chi connectivity index (χ3v) is 3.67. The Kier molecular flexibility index (Phi) is 4.25. The van der Waals surface area contributed by atoms with Crippen LogP contribution in [-0.2, 0) is 0 Å². The Balaban J connectivity index is 2.41. The summed E-state index contributed by atoms with van der Waals surface area (Å²) >= 11 is 6.97. The fourth-order valence-electron chi connectivity index (χ4n) is 1.93. The van der Waals surface area contributed by atoms with Crippen LogP contribution in [0.25, 0.3) is 0 Å². The van der Waals surface area contributed by atoms with Crippen molar-refractivity contribution in [1.29, 1.82) is 0 Å². The Labute approximate surface area is 124 Å². The van der Waals surface area contributed by atoms with Crippen molar-refractivity contribution >= 4 is 31.9 Å². The van der Waals surface area contributed by atoms with Gasteiger partial charge in [-0.15, -0.1) is 0 Å². The molecule has 0 aliphatic carbocycles. The number of rotatable bonds is 3. The van der Waals surface area contributed by atoms with Gasteiger partial charge in [0.2, 0.25) is 0 Å². The van der Waals surface area contributed by atoms with Gasteiger partial charge in [0.1, 0.15) is 0 Å². The van der Waals surface area contributed by atoms with Crippen LogP contribution in [0, 0.1) is 0 Å². The minimum Gasteiger partial charge on any atom is -0.319 e. The maximum Gasteiger partial charge on any atom is 0.0724 e. The molecule has 2 aromatic rings. The van der Waals surface area contributed by atoms with Gasteiger partial charge in [-0.3, -0.25) is 4.68 Å². The highest BCUT2D eigenvalue weighted by molar-refractivity contribution is 9.11. The molecule has 0 aliphatic heterocycles. The van der Waals surface area contributed by atoms with Gasteiger partial charge in [-0.1, -0.05) is 31.9 Å². The van der Waals surface area contributed by atoms with Gasteiger partial charge >= 0.3 is 0 Å². The normalized spacial score (nSPS) is 13.0. The van der Waals surface area contributed by atoms with Gasteiger partial charge in [-0.25, -0.2) is 0 Å². The summed E-state index contributed by atoms with van der Waals surface area (Å²) in [6.07, 6.45) is 1.79. The lowest BCUT2D eigenvalue weighted by atomic mass is 10.0. The second kappa shape index (κ2) is 5.55. The standard InChI is InChI=1S/C13H15Br2N3/c1-8(2)18-12(3-4-17-18)13(16)9-5-10(14)7-11(15)6-9/h3-8,13H,16H2,1-2H3. The Morgan fingerprint density at radius 3 is 2.33 bits per heavy atom. The maximum atomic E-state index is 6.33. The lowest BCUT2D eigenvalue weighted by molar-refractivity contribution is 0.499. The Morgan fingerprint density at radius 1 is 1.17 bits per heavy atom. The lowest BCUT2D eigenvalue weighted by Crippen LogP contribution is -2.18. The number of aromatic nitrogens is 2. The fourth-order valence-corrected chi connectivity index (χ4v) is 3.26. The number of nitrogens with two attached hydrogens (primary N) is 1. The van der Waals surface area contributed by atoms with Gasteiger partial charge in [-0.05, 0) is 43.7 Å². The minimum absolute atomic E-state index is 0.177. The van der Waals surface area contributed by atoms with Crippen molar-refractivity contribution in [3.05, 3.63) is 50.7 Å². The average molecular weight is 373 g/mol. The molecule has 1 aromatic heterocycles. The van der Waals surface area contributed by atoms with Crippen molar-refractivity contribution in [2.45, 2.75) is 25.9 Å². The summed E-state index contributed by atoms with van der Waals surface area (Å²) in [4.78, 5) is 0. The number of nitrogens with zero attached hydrogens (tertiary/aromatic N) is 2. The molecule has 0 amide bonds. The van der Waals surface area contributed by atoms with Crippen molar-refractivity contribution in [3.8, 4) is 0 Å². The SMILES string of the molecule is CC(C)n1nccc1C(N)c1cc(Br)cc(Br)c1. The molecule has 96 valence electrons. The molecule has 1 heterocycles. The van der Waals surface area contributed by atoms with Crippen molar-refractivity contribution in [1.82, 2.24) is 9.78 Å². The van der Waals surface area contributed by atoms with Crippen LogP contribution in [0.2, 0.25) is 0 Å².